The van der Waals surface area contributed by atoms with Gasteiger partial charge in [-0.25, -0.2) is 0 Å². The summed E-state index contributed by atoms with van der Waals surface area (Å²) >= 11 is 0. The molecule has 0 heterocycles. The summed E-state index contributed by atoms with van der Waals surface area (Å²) in [5.41, 5.74) is -2.28. The molecule has 0 radical (unpaired) electrons. The Kier molecular flexibility index (Phi) is 6.23. The maximum atomic E-state index is 12.2. The third kappa shape index (κ3) is 3.30. The third-order valence-electron chi connectivity index (χ3n) is 11.4. The Labute approximate surface area is 195 Å². The summed E-state index contributed by atoms with van der Waals surface area (Å²) in [7, 11) is 0. The number of hydrogen-bond acceptors (Lipinski definition) is 4. The molecule has 0 aromatic heterocycles. The van der Waals surface area contributed by atoms with Crippen LogP contribution in [0.2, 0.25) is 0 Å². The molecule has 0 aromatic carbocycles. The fourth-order valence-corrected chi connectivity index (χ4v) is 8.54. The normalized spacial score (nSPS) is 50.3. The molecule has 32 heavy (non-hydrogen) atoms. The highest BCUT2D eigenvalue weighted by atomic mass is 16.4. The van der Waals surface area contributed by atoms with Gasteiger partial charge in [0, 0.05) is 11.8 Å². The molecule has 10 atom stereocenters. The molecule has 0 bridgehead atoms. The van der Waals surface area contributed by atoms with Crippen LogP contribution in [0, 0.1) is 40.4 Å². The molecule has 4 heteroatoms. The average Bonchev–Trinajstić information content (AvgIpc) is 3.07. The van der Waals surface area contributed by atoms with Crippen LogP contribution in [0.15, 0.2) is 11.6 Å². The second-order valence-electron chi connectivity index (χ2n) is 13.1. The molecular formula is C28H48O4. The molecule has 0 amide bonds. The molecule has 3 saturated carbocycles. The zero-order chi connectivity index (χ0) is 23.7. The van der Waals surface area contributed by atoms with Crippen molar-refractivity contribution in [3.05, 3.63) is 11.6 Å². The van der Waals surface area contributed by atoms with Gasteiger partial charge in [0.15, 0.2) is 0 Å². The number of hydrogen-bond donors (Lipinski definition) is 4. The Hall–Kier alpha value is -0.420. The number of aliphatic hydroxyl groups excluding tert-OH is 2. The molecule has 0 spiro atoms. The Bertz CT molecular complexity index is 748. The lowest BCUT2D eigenvalue weighted by molar-refractivity contribution is -0.258. The quantitative estimate of drug-likeness (QED) is 0.454. The average molecular weight is 449 g/mol. The standard InChI is InChI=1S/C28H48O4/c1-17(2)18(3)7-8-19(4)21-9-10-22-23-15-24(30)28(32)16-20(29)11-12-26(28,6)27(23,31)14-13-25(21,22)5/h15,17-22,24,29-32H,7-14,16H2,1-6H3/t18-,19-,20+,21-,22+,24-,25-,26-,27-,28+/m1/s1. The van der Waals surface area contributed by atoms with Crippen LogP contribution in [0.4, 0.5) is 0 Å². The van der Waals surface area contributed by atoms with Crippen LogP contribution in [-0.4, -0.2) is 43.8 Å². The molecule has 0 unspecified atom stereocenters. The molecule has 4 aliphatic rings. The summed E-state index contributed by atoms with van der Waals surface area (Å²) in [5.74, 6) is 3.02. The van der Waals surface area contributed by atoms with Gasteiger partial charge in [-0.3, -0.25) is 0 Å². The summed E-state index contributed by atoms with van der Waals surface area (Å²) in [6, 6.07) is 0. The monoisotopic (exact) mass is 448 g/mol. The molecule has 4 rings (SSSR count). The van der Waals surface area contributed by atoms with Crippen LogP contribution in [0.1, 0.15) is 99.3 Å². The van der Waals surface area contributed by atoms with Crippen LogP contribution in [0.5, 0.6) is 0 Å². The minimum atomic E-state index is -1.48. The molecular weight excluding hydrogens is 400 g/mol. The van der Waals surface area contributed by atoms with E-state index in [9.17, 15) is 20.4 Å². The Morgan fingerprint density at radius 1 is 0.938 bits per heavy atom. The highest BCUT2D eigenvalue weighted by Crippen LogP contribution is 2.69. The van der Waals surface area contributed by atoms with Crippen molar-refractivity contribution < 1.29 is 20.4 Å². The van der Waals surface area contributed by atoms with Gasteiger partial charge in [0.2, 0.25) is 0 Å². The van der Waals surface area contributed by atoms with E-state index in [4.69, 9.17) is 0 Å². The number of fused-ring (bicyclic) bond motifs is 5. The largest absolute Gasteiger partial charge is 0.393 e. The lowest BCUT2D eigenvalue weighted by Crippen LogP contribution is -2.72. The first kappa shape index (κ1) is 24.7. The molecule has 184 valence electrons. The summed E-state index contributed by atoms with van der Waals surface area (Å²) in [5, 5.41) is 45.2. The van der Waals surface area contributed by atoms with Crippen LogP contribution in [0.3, 0.4) is 0 Å². The van der Waals surface area contributed by atoms with Crippen LogP contribution < -0.4 is 0 Å². The zero-order valence-corrected chi connectivity index (χ0v) is 21.3. The third-order valence-corrected chi connectivity index (χ3v) is 11.4. The topological polar surface area (TPSA) is 80.9 Å². The van der Waals surface area contributed by atoms with Crippen LogP contribution in [0.25, 0.3) is 0 Å². The molecule has 0 aromatic rings. The molecule has 4 nitrogen and oxygen atoms in total. The first-order valence-corrected chi connectivity index (χ1v) is 13.3. The van der Waals surface area contributed by atoms with Gasteiger partial charge in [-0.2, -0.15) is 0 Å². The van der Waals surface area contributed by atoms with E-state index >= 15 is 0 Å². The van der Waals surface area contributed by atoms with Gasteiger partial charge in [-0.15, -0.1) is 0 Å². The van der Waals surface area contributed by atoms with E-state index < -0.39 is 28.8 Å². The van der Waals surface area contributed by atoms with Crippen molar-refractivity contribution in [1.29, 1.82) is 0 Å². The minimum Gasteiger partial charge on any atom is -0.393 e. The van der Waals surface area contributed by atoms with E-state index in [0.29, 0.717) is 31.1 Å². The highest BCUT2D eigenvalue weighted by Gasteiger charge is 2.71. The highest BCUT2D eigenvalue weighted by molar-refractivity contribution is 5.40. The van der Waals surface area contributed by atoms with E-state index in [2.05, 4.69) is 34.6 Å². The second-order valence-corrected chi connectivity index (χ2v) is 13.1. The molecule has 4 N–H and O–H groups in total. The van der Waals surface area contributed by atoms with Gasteiger partial charge >= 0.3 is 0 Å². The van der Waals surface area contributed by atoms with Crippen LogP contribution >= 0.6 is 0 Å². The lowest BCUT2D eigenvalue weighted by atomic mass is 9.43. The second kappa shape index (κ2) is 8.07. The van der Waals surface area contributed by atoms with Crippen molar-refractivity contribution in [3.63, 3.8) is 0 Å². The van der Waals surface area contributed by atoms with Gasteiger partial charge < -0.3 is 20.4 Å². The summed E-state index contributed by atoms with van der Waals surface area (Å²) in [4.78, 5) is 0. The maximum Gasteiger partial charge on any atom is 0.105 e. The van der Waals surface area contributed by atoms with Gasteiger partial charge in [0.25, 0.3) is 0 Å². The predicted octanol–water partition coefficient (Wildman–Crippen LogP) is 4.84. The van der Waals surface area contributed by atoms with E-state index in [1.54, 1.807) is 6.08 Å². The fraction of sp³-hybridized carbons (Fsp3) is 0.929. The van der Waals surface area contributed by atoms with Gasteiger partial charge in [0.1, 0.15) is 11.7 Å². The molecule has 0 saturated heterocycles. The number of rotatable bonds is 5. The minimum absolute atomic E-state index is 0.131. The summed E-state index contributed by atoms with van der Waals surface area (Å²) in [6.45, 7) is 13.8. The maximum absolute atomic E-state index is 12.2. The molecule has 4 aliphatic carbocycles. The Morgan fingerprint density at radius 2 is 1.62 bits per heavy atom. The van der Waals surface area contributed by atoms with E-state index in [0.717, 1.165) is 30.3 Å². The summed E-state index contributed by atoms with van der Waals surface area (Å²) < 4.78 is 0. The first-order chi connectivity index (χ1) is 14.8. The van der Waals surface area contributed by atoms with Crippen molar-refractivity contribution in [2.75, 3.05) is 0 Å². The Balaban J connectivity index is 1.62. The molecule has 0 aliphatic heterocycles. The lowest BCUT2D eigenvalue weighted by Gasteiger charge is -2.65. The van der Waals surface area contributed by atoms with E-state index in [1.165, 1.54) is 19.3 Å². The van der Waals surface area contributed by atoms with E-state index in [1.807, 2.05) is 6.92 Å². The van der Waals surface area contributed by atoms with Gasteiger partial charge in [-0.05, 0) is 79.1 Å². The molecule has 3 fully saturated rings. The van der Waals surface area contributed by atoms with Crippen molar-refractivity contribution in [3.8, 4) is 0 Å². The van der Waals surface area contributed by atoms with E-state index in [-0.39, 0.29) is 17.8 Å². The fourth-order valence-electron chi connectivity index (χ4n) is 8.54. The first-order valence-electron chi connectivity index (χ1n) is 13.3. The van der Waals surface area contributed by atoms with Crippen LogP contribution in [-0.2, 0) is 0 Å². The Morgan fingerprint density at radius 3 is 2.28 bits per heavy atom. The van der Waals surface area contributed by atoms with Gasteiger partial charge in [-0.1, -0.05) is 60.5 Å². The summed E-state index contributed by atoms with van der Waals surface area (Å²) in [6.07, 6.45) is 7.74. The van der Waals surface area contributed by atoms with Gasteiger partial charge in [0.05, 0.1) is 11.7 Å². The van der Waals surface area contributed by atoms with Crippen molar-refractivity contribution in [1.82, 2.24) is 0 Å². The van der Waals surface area contributed by atoms with Crippen molar-refractivity contribution in [2.24, 2.45) is 40.4 Å². The SMILES string of the molecule is CC(C)[C@H](C)CC[C@@H](C)[C@H]1CC[C@H]2C3=C[C@@H](O)[C@@]4(O)C[C@@H](O)CC[C@]4(C)[C@@]3(O)CC[C@]12C. The van der Waals surface area contributed by atoms with Crippen molar-refractivity contribution >= 4 is 0 Å². The smallest absolute Gasteiger partial charge is 0.105 e. The zero-order valence-electron chi connectivity index (χ0n) is 21.3. The predicted molar refractivity (Wildman–Crippen MR) is 128 cm³/mol. The van der Waals surface area contributed by atoms with Crippen molar-refractivity contribution in [2.45, 2.75) is 123 Å². The number of aliphatic hydroxyl groups is 4.